The summed E-state index contributed by atoms with van der Waals surface area (Å²) in [5.74, 6) is -0.537. The summed E-state index contributed by atoms with van der Waals surface area (Å²) in [6, 6.07) is -0.492. The molecule has 0 saturated carbocycles. The molecule has 2 rings (SSSR count). The second-order valence-electron chi connectivity index (χ2n) is 4.50. The van der Waals surface area contributed by atoms with E-state index in [4.69, 9.17) is 10.5 Å². The summed E-state index contributed by atoms with van der Waals surface area (Å²) in [4.78, 5) is 30.4. The SMILES string of the molecule is COC(=O)C1CCCCN1C(=O)c1sc(N)nc1C. The van der Waals surface area contributed by atoms with Crippen molar-refractivity contribution in [2.45, 2.75) is 32.2 Å². The molecule has 1 fully saturated rings. The highest BCUT2D eigenvalue weighted by molar-refractivity contribution is 7.17. The number of nitrogens with zero attached hydrogens (tertiary/aromatic N) is 2. The van der Waals surface area contributed by atoms with Crippen LogP contribution in [0.15, 0.2) is 0 Å². The first-order valence-corrected chi connectivity index (χ1v) is 6.98. The molecule has 0 bridgehead atoms. The van der Waals surface area contributed by atoms with E-state index in [0.29, 0.717) is 28.7 Å². The first kappa shape index (κ1) is 13.8. The summed E-state index contributed by atoms with van der Waals surface area (Å²) in [5.41, 5.74) is 6.23. The van der Waals surface area contributed by atoms with E-state index < -0.39 is 6.04 Å². The maximum atomic E-state index is 12.5. The summed E-state index contributed by atoms with van der Waals surface area (Å²) in [5, 5.41) is 0.368. The predicted molar refractivity (Wildman–Crippen MR) is 72.0 cm³/mol. The molecule has 1 aromatic heterocycles. The van der Waals surface area contributed by atoms with Crippen molar-refractivity contribution < 1.29 is 14.3 Å². The minimum atomic E-state index is -0.492. The Morgan fingerprint density at radius 1 is 1.47 bits per heavy atom. The zero-order valence-corrected chi connectivity index (χ0v) is 11.8. The Morgan fingerprint density at radius 3 is 2.79 bits per heavy atom. The molecule has 0 aromatic carbocycles. The molecule has 0 aliphatic carbocycles. The first-order chi connectivity index (χ1) is 9.04. The van der Waals surface area contributed by atoms with Crippen LogP contribution in [0.1, 0.15) is 34.6 Å². The summed E-state index contributed by atoms with van der Waals surface area (Å²) >= 11 is 1.16. The van der Waals surface area contributed by atoms with Gasteiger partial charge in [-0.15, -0.1) is 0 Å². The normalized spacial score (nSPS) is 19.3. The van der Waals surface area contributed by atoms with Crippen molar-refractivity contribution in [3.63, 3.8) is 0 Å². The van der Waals surface area contributed by atoms with Crippen LogP contribution in [0.2, 0.25) is 0 Å². The van der Waals surface area contributed by atoms with Crippen molar-refractivity contribution in [3.05, 3.63) is 10.6 Å². The number of likely N-dealkylation sites (tertiary alicyclic amines) is 1. The Kier molecular flexibility index (Phi) is 4.04. The van der Waals surface area contributed by atoms with E-state index in [1.54, 1.807) is 11.8 Å². The van der Waals surface area contributed by atoms with Gasteiger partial charge in [0.2, 0.25) is 0 Å². The topological polar surface area (TPSA) is 85.5 Å². The molecule has 6 nitrogen and oxygen atoms in total. The molecule has 1 aromatic rings. The lowest BCUT2D eigenvalue weighted by Crippen LogP contribution is -2.48. The van der Waals surface area contributed by atoms with E-state index in [2.05, 4.69) is 4.98 Å². The van der Waals surface area contributed by atoms with Crippen molar-refractivity contribution in [3.8, 4) is 0 Å². The minimum Gasteiger partial charge on any atom is -0.467 e. The van der Waals surface area contributed by atoms with E-state index in [9.17, 15) is 9.59 Å². The molecule has 7 heteroatoms. The average molecular weight is 283 g/mol. The lowest BCUT2D eigenvalue weighted by molar-refractivity contribution is -0.147. The smallest absolute Gasteiger partial charge is 0.328 e. The number of methoxy groups -OCH3 is 1. The number of amides is 1. The lowest BCUT2D eigenvalue weighted by atomic mass is 10.0. The highest BCUT2D eigenvalue weighted by Crippen LogP contribution is 2.26. The van der Waals surface area contributed by atoms with Crippen LogP contribution < -0.4 is 5.73 Å². The number of aromatic nitrogens is 1. The number of anilines is 1. The number of ether oxygens (including phenoxy) is 1. The number of esters is 1. The molecule has 1 aliphatic heterocycles. The molecule has 1 atom stereocenters. The standard InChI is InChI=1S/C12H17N3O3S/c1-7-9(19-12(13)14-7)10(16)15-6-4-3-5-8(15)11(17)18-2/h8H,3-6H2,1-2H3,(H2,13,14). The number of hydrogen-bond acceptors (Lipinski definition) is 6. The Morgan fingerprint density at radius 2 is 2.21 bits per heavy atom. The Hall–Kier alpha value is -1.63. The quantitative estimate of drug-likeness (QED) is 0.824. The van der Waals surface area contributed by atoms with Crippen LogP contribution in [0, 0.1) is 6.92 Å². The predicted octanol–water partition coefficient (Wildman–Crippen LogP) is 1.20. The average Bonchev–Trinajstić information content (AvgIpc) is 2.76. The number of piperidine rings is 1. The van der Waals surface area contributed by atoms with E-state index in [-0.39, 0.29) is 11.9 Å². The maximum absolute atomic E-state index is 12.5. The Labute approximate surface area is 115 Å². The zero-order chi connectivity index (χ0) is 14.0. The molecule has 1 amide bonds. The number of thiazole rings is 1. The fourth-order valence-electron chi connectivity index (χ4n) is 2.30. The molecular weight excluding hydrogens is 266 g/mol. The van der Waals surface area contributed by atoms with Gasteiger partial charge in [0, 0.05) is 6.54 Å². The number of hydrogen-bond donors (Lipinski definition) is 1. The molecule has 2 N–H and O–H groups in total. The monoisotopic (exact) mass is 283 g/mol. The second kappa shape index (κ2) is 5.56. The van der Waals surface area contributed by atoms with Gasteiger partial charge in [0.15, 0.2) is 5.13 Å². The van der Waals surface area contributed by atoms with E-state index in [1.807, 2.05) is 0 Å². The van der Waals surface area contributed by atoms with Gasteiger partial charge in [-0.25, -0.2) is 9.78 Å². The van der Waals surface area contributed by atoms with Gasteiger partial charge in [0.05, 0.1) is 12.8 Å². The van der Waals surface area contributed by atoms with Crippen molar-refractivity contribution in [2.24, 2.45) is 0 Å². The molecule has 2 heterocycles. The molecule has 0 spiro atoms. The molecule has 0 radical (unpaired) electrons. The molecule has 1 unspecified atom stereocenters. The number of rotatable bonds is 2. The van der Waals surface area contributed by atoms with Crippen molar-refractivity contribution in [1.29, 1.82) is 0 Å². The summed E-state index contributed by atoms with van der Waals surface area (Å²) in [7, 11) is 1.34. The highest BCUT2D eigenvalue weighted by Gasteiger charge is 2.34. The fourth-order valence-corrected chi connectivity index (χ4v) is 3.09. The fraction of sp³-hybridized carbons (Fsp3) is 0.583. The maximum Gasteiger partial charge on any atom is 0.328 e. The van der Waals surface area contributed by atoms with Crippen LogP contribution in [0.5, 0.6) is 0 Å². The van der Waals surface area contributed by atoms with Gasteiger partial charge < -0.3 is 15.4 Å². The molecule has 104 valence electrons. The van der Waals surface area contributed by atoms with Gasteiger partial charge in [0.1, 0.15) is 10.9 Å². The van der Waals surface area contributed by atoms with Gasteiger partial charge in [-0.3, -0.25) is 4.79 Å². The van der Waals surface area contributed by atoms with Crippen molar-refractivity contribution >= 4 is 28.3 Å². The van der Waals surface area contributed by atoms with Gasteiger partial charge in [-0.05, 0) is 26.2 Å². The Balaban J connectivity index is 2.25. The molecule has 19 heavy (non-hydrogen) atoms. The highest BCUT2D eigenvalue weighted by atomic mass is 32.1. The Bertz CT molecular complexity index is 500. The number of carbonyl (C=O) groups excluding carboxylic acids is 2. The van der Waals surface area contributed by atoms with Crippen molar-refractivity contribution in [1.82, 2.24) is 9.88 Å². The summed E-state index contributed by atoms with van der Waals surface area (Å²) in [6.07, 6.45) is 2.46. The third-order valence-electron chi connectivity index (χ3n) is 3.24. The minimum absolute atomic E-state index is 0.179. The van der Waals surface area contributed by atoms with Crippen LogP contribution in [0.25, 0.3) is 0 Å². The molecule has 1 aliphatic rings. The largest absolute Gasteiger partial charge is 0.467 e. The molecular formula is C12H17N3O3S. The van der Waals surface area contributed by atoms with Crippen LogP contribution in [-0.2, 0) is 9.53 Å². The van der Waals surface area contributed by atoms with Crippen LogP contribution in [0.4, 0.5) is 5.13 Å². The van der Waals surface area contributed by atoms with Gasteiger partial charge >= 0.3 is 5.97 Å². The molecule has 1 saturated heterocycles. The first-order valence-electron chi connectivity index (χ1n) is 6.16. The van der Waals surface area contributed by atoms with Crippen molar-refractivity contribution in [2.75, 3.05) is 19.4 Å². The van der Waals surface area contributed by atoms with E-state index in [1.165, 1.54) is 7.11 Å². The van der Waals surface area contributed by atoms with Crippen LogP contribution in [-0.4, -0.2) is 41.5 Å². The zero-order valence-electron chi connectivity index (χ0n) is 11.0. The van der Waals surface area contributed by atoms with E-state index in [0.717, 1.165) is 24.2 Å². The summed E-state index contributed by atoms with van der Waals surface area (Å²) < 4.78 is 4.77. The van der Waals surface area contributed by atoms with Crippen LogP contribution >= 0.6 is 11.3 Å². The number of nitrogens with two attached hydrogens (primary N) is 1. The third-order valence-corrected chi connectivity index (χ3v) is 4.22. The third kappa shape index (κ3) is 2.70. The number of carbonyl (C=O) groups is 2. The number of aryl methyl sites for hydroxylation is 1. The summed E-state index contributed by atoms with van der Waals surface area (Å²) in [6.45, 7) is 2.31. The number of nitrogen functional groups attached to an aromatic ring is 1. The van der Waals surface area contributed by atoms with Crippen LogP contribution in [0.3, 0.4) is 0 Å². The van der Waals surface area contributed by atoms with E-state index >= 15 is 0 Å². The second-order valence-corrected chi connectivity index (χ2v) is 5.53. The van der Waals surface area contributed by atoms with Gasteiger partial charge in [-0.2, -0.15) is 0 Å². The van der Waals surface area contributed by atoms with Gasteiger partial charge in [0.25, 0.3) is 5.91 Å². The lowest BCUT2D eigenvalue weighted by Gasteiger charge is -2.33. The van der Waals surface area contributed by atoms with Gasteiger partial charge in [-0.1, -0.05) is 11.3 Å².